The summed E-state index contributed by atoms with van der Waals surface area (Å²) in [5, 5.41) is 0.796. The van der Waals surface area contributed by atoms with Crippen LogP contribution in [0.1, 0.15) is 35.3 Å². The molecule has 0 radical (unpaired) electrons. The molecule has 4 aromatic rings. The Bertz CT molecular complexity index is 1260. The highest BCUT2D eigenvalue weighted by Gasteiger charge is 2.19. The Kier molecular flexibility index (Phi) is 5.47. The normalized spacial score (nSPS) is 13.6. The second kappa shape index (κ2) is 8.55. The lowest BCUT2D eigenvalue weighted by atomic mass is 10.1. The molecule has 1 aliphatic rings. The second-order valence-corrected chi connectivity index (χ2v) is 8.90. The van der Waals surface area contributed by atoms with Crippen molar-refractivity contribution in [2.24, 2.45) is 0 Å². The zero-order valence-corrected chi connectivity index (χ0v) is 18.3. The summed E-state index contributed by atoms with van der Waals surface area (Å²) in [6.07, 6.45) is 5.63. The van der Waals surface area contributed by atoms with Crippen LogP contribution in [0.2, 0.25) is 0 Å². The van der Waals surface area contributed by atoms with Crippen LogP contribution in [0, 0.1) is 0 Å². The van der Waals surface area contributed by atoms with E-state index in [0.717, 1.165) is 52.1 Å². The molecular formula is C25H24N2O3S. The van der Waals surface area contributed by atoms with E-state index in [2.05, 4.69) is 4.98 Å². The van der Waals surface area contributed by atoms with E-state index < -0.39 is 0 Å². The fourth-order valence-corrected chi connectivity index (χ4v) is 5.34. The lowest BCUT2D eigenvalue weighted by Gasteiger charge is -2.08. The number of ether oxygens (including phenoxy) is 2. The number of fused-ring (bicyclic) bond motifs is 3. The van der Waals surface area contributed by atoms with Gasteiger partial charge in [0.25, 0.3) is 5.56 Å². The molecule has 0 amide bonds. The molecular weight excluding hydrogens is 408 g/mol. The highest BCUT2D eigenvalue weighted by Crippen LogP contribution is 2.33. The number of rotatable bonds is 5. The highest BCUT2D eigenvalue weighted by atomic mass is 32.1. The van der Waals surface area contributed by atoms with Crippen LogP contribution in [-0.2, 0) is 19.4 Å². The molecule has 158 valence electrons. The lowest BCUT2D eigenvalue weighted by molar-refractivity contribution is 0.306. The van der Waals surface area contributed by atoms with E-state index in [1.165, 1.54) is 23.3 Å². The van der Waals surface area contributed by atoms with Crippen molar-refractivity contribution in [1.82, 2.24) is 9.97 Å². The van der Waals surface area contributed by atoms with Crippen LogP contribution in [0.3, 0.4) is 0 Å². The first kappa shape index (κ1) is 19.8. The van der Waals surface area contributed by atoms with E-state index in [1.54, 1.807) is 18.4 Å². The van der Waals surface area contributed by atoms with Gasteiger partial charge in [-0.25, -0.2) is 4.98 Å². The molecule has 0 fully saturated rings. The fourth-order valence-electron chi connectivity index (χ4n) is 4.07. The highest BCUT2D eigenvalue weighted by molar-refractivity contribution is 7.18. The minimum Gasteiger partial charge on any atom is -0.497 e. The number of aromatic nitrogens is 2. The van der Waals surface area contributed by atoms with E-state index in [9.17, 15) is 4.79 Å². The molecule has 0 saturated heterocycles. The first-order valence-electron chi connectivity index (χ1n) is 10.6. The minimum atomic E-state index is -0.0285. The summed E-state index contributed by atoms with van der Waals surface area (Å²) in [5.41, 5.74) is 3.14. The van der Waals surface area contributed by atoms with Gasteiger partial charge in [0.1, 0.15) is 28.8 Å². The van der Waals surface area contributed by atoms with Crippen molar-refractivity contribution in [2.45, 2.75) is 38.7 Å². The standard InChI is InChI=1S/C25H24N2O3S/c1-29-18-11-7-16(8-12-18)15-30-19-13-9-17(10-14-19)23-26-24(28)22-20-5-3-2-4-6-21(20)31-25(22)27-23/h7-14H,2-6,15H2,1H3,(H,26,27,28). The Morgan fingerprint density at radius 1 is 0.968 bits per heavy atom. The van der Waals surface area contributed by atoms with Crippen LogP contribution in [0.4, 0.5) is 0 Å². The van der Waals surface area contributed by atoms with Crippen LogP contribution in [0.25, 0.3) is 21.6 Å². The maximum Gasteiger partial charge on any atom is 0.260 e. The molecule has 0 spiro atoms. The zero-order valence-electron chi connectivity index (χ0n) is 17.4. The Morgan fingerprint density at radius 3 is 2.48 bits per heavy atom. The monoisotopic (exact) mass is 432 g/mol. The third kappa shape index (κ3) is 4.08. The number of aryl methyl sites for hydroxylation is 2. The smallest absolute Gasteiger partial charge is 0.260 e. The quantitative estimate of drug-likeness (QED) is 0.423. The molecule has 0 bridgehead atoms. The number of thiophene rings is 1. The molecule has 2 aromatic carbocycles. The van der Waals surface area contributed by atoms with Crippen molar-refractivity contribution < 1.29 is 9.47 Å². The first-order valence-corrected chi connectivity index (χ1v) is 11.4. The van der Waals surface area contributed by atoms with E-state index in [0.29, 0.717) is 12.4 Å². The predicted molar refractivity (Wildman–Crippen MR) is 124 cm³/mol. The SMILES string of the molecule is COc1ccc(COc2ccc(-c3nc4sc5c(c4c(=O)[nH]3)CCCCC5)cc2)cc1. The van der Waals surface area contributed by atoms with Crippen LogP contribution >= 0.6 is 11.3 Å². The van der Waals surface area contributed by atoms with E-state index in [1.807, 2.05) is 48.5 Å². The summed E-state index contributed by atoms with van der Waals surface area (Å²) in [6, 6.07) is 15.5. The molecule has 1 N–H and O–H groups in total. The average Bonchev–Trinajstić information content (AvgIpc) is 3.00. The summed E-state index contributed by atoms with van der Waals surface area (Å²) in [5.74, 6) is 2.20. The molecule has 5 nitrogen and oxygen atoms in total. The van der Waals surface area contributed by atoms with Gasteiger partial charge < -0.3 is 14.5 Å². The maximum absolute atomic E-state index is 12.9. The maximum atomic E-state index is 12.9. The van der Waals surface area contributed by atoms with Crippen molar-refractivity contribution in [1.29, 1.82) is 0 Å². The molecule has 2 heterocycles. The van der Waals surface area contributed by atoms with E-state index in [4.69, 9.17) is 14.5 Å². The summed E-state index contributed by atoms with van der Waals surface area (Å²) < 4.78 is 11.1. The van der Waals surface area contributed by atoms with Crippen molar-refractivity contribution >= 4 is 21.6 Å². The first-order chi connectivity index (χ1) is 15.2. The number of benzene rings is 2. The van der Waals surface area contributed by atoms with Crippen molar-refractivity contribution in [2.75, 3.05) is 7.11 Å². The Labute approximate surface area is 184 Å². The Balaban J connectivity index is 1.36. The fraction of sp³-hybridized carbons (Fsp3) is 0.280. The van der Waals surface area contributed by atoms with Gasteiger partial charge in [0, 0.05) is 10.4 Å². The van der Waals surface area contributed by atoms with Gasteiger partial charge in [0.15, 0.2) is 0 Å². The molecule has 0 atom stereocenters. The summed E-state index contributed by atoms with van der Waals surface area (Å²) in [7, 11) is 1.65. The van der Waals surface area contributed by atoms with Gasteiger partial charge in [-0.15, -0.1) is 11.3 Å². The van der Waals surface area contributed by atoms with Gasteiger partial charge in [-0.2, -0.15) is 0 Å². The third-order valence-electron chi connectivity index (χ3n) is 5.77. The number of hydrogen-bond donors (Lipinski definition) is 1. The van der Waals surface area contributed by atoms with E-state index >= 15 is 0 Å². The minimum absolute atomic E-state index is 0.0285. The molecule has 5 rings (SSSR count). The molecule has 31 heavy (non-hydrogen) atoms. The summed E-state index contributed by atoms with van der Waals surface area (Å²) in [4.78, 5) is 22.8. The van der Waals surface area contributed by atoms with Gasteiger partial charge in [0.2, 0.25) is 0 Å². The molecule has 0 aliphatic heterocycles. The number of nitrogens with zero attached hydrogens (tertiary/aromatic N) is 1. The molecule has 0 saturated carbocycles. The van der Waals surface area contributed by atoms with Gasteiger partial charge >= 0.3 is 0 Å². The topological polar surface area (TPSA) is 64.2 Å². The molecule has 6 heteroatoms. The average molecular weight is 433 g/mol. The molecule has 1 aliphatic carbocycles. The number of aromatic amines is 1. The molecule has 0 unspecified atom stereocenters. The van der Waals surface area contributed by atoms with Gasteiger partial charge in [-0.1, -0.05) is 18.6 Å². The zero-order chi connectivity index (χ0) is 21.2. The summed E-state index contributed by atoms with van der Waals surface area (Å²) in [6.45, 7) is 0.477. The lowest BCUT2D eigenvalue weighted by Crippen LogP contribution is -2.10. The Hall–Kier alpha value is -3.12. The number of hydrogen-bond acceptors (Lipinski definition) is 5. The van der Waals surface area contributed by atoms with Crippen LogP contribution < -0.4 is 15.0 Å². The largest absolute Gasteiger partial charge is 0.497 e. The van der Waals surface area contributed by atoms with Crippen LogP contribution in [-0.4, -0.2) is 17.1 Å². The van der Waals surface area contributed by atoms with E-state index in [-0.39, 0.29) is 5.56 Å². The van der Waals surface area contributed by atoms with Gasteiger partial charge in [-0.05, 0) is 73.2 Å². The second-order valence-electron chi connectivity index (χ2n) is 7.82. The van der Waals surface area contributed by atoms with Crippen molar-refractivity contribution in [3.05, 3.63) is 74.9 Å². The van der Waals surface area contributed by atoms with Crippen molar-refractivity contribution in [3.8, 4) is 22.9 Å². The third-order valence-corrected chi connectivity index (χ3v) is 6.95. The van der Waals surface area contributed by atoms with Gasteiger partial charge in [-0.3, -0.25) is 4.79 Å². The summed E-state index contributed by atoms with van der Waals surface area (Å²) >= 11 is 1.68. The number of H-pyrrole nitrogens is 1. The van der Waals surface area contributed by atoms with Crippen LogP contribution in [0.5, 0.6) is 11.5 Å². The van der Waals surface area contributed by atoms with Crippen molar-refractivity contribution in [3.63, 3.8) is 0 Å². The van der Waals surface area contributed by atoms with Crippen LogP contribution in [0.15, 0.2) is 53.3 Å². The number of methoxy groups -OCH3 is 1. The predicted octanol–water partition coefficient (Wildman–Crippen LogP) is 5.51. The number of nitrogens with one attached hydrogen (secondary N) is 1. The Morgan fingerprint density at radius 2 is 1.71 bits per heavy atom. The molecule has 2 aromatic heterocycles. The van der Waals surface area contributed by atoms with Gasteiger partial charge in [0.05, 0.1) is 12.5 Å².